The van der Waals surface area contributed by atoms with Crippen molar-refractivity contribution in [1.82, 2.24) is 25.4 Å². The highest BCUT2D eigenvalue weighted by Gasteiger charge is 2.17. The van der Waals surface area contributed by atoms with Gasteiger partial charge in [0.2, 0.25) is 0 Å². The maximum absolute atomic E-state index is 4.29. The van der Waals surface area contributed by atoms with Crippen molar-refractivity contribution in [3.8, 4) is 0 Å². The minimum Gasteiger partial charge on any atom is -0.354 e. The summed E-state index contributed by atoms with van der Waals surface area (Å²) in [5.74, 6) is 2.96. The first-order valence-corrected chi connectivity index (χ1v) is 8.12. The van der Waals surface area contributed by atoms with Crippen LogP contribution < -0.4 is 10.6 Å². The fraction of sp³-hybridized carbons (Fsp3) is 0.800. The number of nitrogens with one attached hydrogen (secondary N) is 2. The molecule has 2 N–H and O–H groups in total. The molecule has 1 aromatic heterocycles. The molecule has 0 radical (unpaired) electrons. The van der Waals surface area contributed by atoms with E-state index < -0.39 is 0 Å². The summed E-state index contributed by atoms with van der Waals surface area (Å²) in [6, 6.07) is 0.437. The largest absolute Gasteiger partial charge is 0.354 e. The van der Waals surface area contributed by atoms with Gasteiger partial charge in [-0.1, -0.05) is 26.2 Å². The van der Waals surface area contributed by atoms with Crippen molar-refractivity contribution in [2.24, 2.45) is 4.99 Å². The van der Waals surface area contributed by atoms with E-state index in [9.17, 15) is 0 Å². The first-order chi connectivity index (χ1) is 10.2. The molecule has 0 fully saturated rings. The van der Waals surface area contributed by atoms with Gasteiger partial charge in [0, 0.05) is 26.1 Å². The topological polar surface area (TPSA) is 67.1 Å². The van der Waals surface area contributed by atoms with Gasteiger partial charge < -0.3 is 15.2 Å². The minimum absolute atomic E-state index is 0.437. The zero-order valence-electron chi connectivity index (χ0n) is 13.5. The number of rotatable bonds is 7. The number of aliphatic imine (C=N–C) groups is 1. The molecule has 1 aromatic rings. The highest BCUT2D eigenvalue weighted by Crippen LogP contribution is 2.13. The normalized spacial score (nSPS) is 15.9. The van der Waals surface area contributed by atoms with E-state index in [0.29, 0.717) is 12.6 Å². The van der Waals surface area contributed by atoms with Gasteiger partial charge in [-0.25, -0.2) is 0 Å². The number of aromatic nitrogens is 3. The predicted octanol–water partition coefficient (Wildman–Crippen LogP) is 1.86. The van der Waals surface area contributed by atoms with E-state index in [2.05, 4.69) is 44.2 Å². The van der Waals surface area contributed by atoms with Crippen molar-refractivity contribution in [3.05, 3.63) is 11.6 Å². The molecular weight excluding hydrogens is 264 g/mol. The first kappa shape index (κ1) is 15.8. The van der Waals surface area contributed by atoms with Crippen LogP contribution in [-0.2, 0) is 19.5 Å². The SMILES string of the molecule is CCCCCC(C)NC(=NC)NCc1nnc2n1CCC2. The van der Waals surface area contributed by atoms with Gasteiger partial charge in [0.1, 0.15) is 5.82 Å². The average Bonchev–Trinajstić information content (AvgIpc) is 3.07. The lowest BCUT2D eigenvalue weighted by Gasteiger charge is -2.17. The van der Waals surface area contributed by atoms with Crippen LogP contribution in [0, 0.1) is 0 Å². The Kier molecular flexibility index (Phi) is 6.02. The van der Waals surface area contributed by atoms with Crippen LogP contribution in [0.5, 0.6) is 0 Å². The zero-order valence-corrected chi connectivity index (χ0v) is 13.5. The van der Waals surface area contributed by atoms with Crippen molar-refractivity contribution in [3.63, 3.8) is 0 Å². The fourth-order valence-corrected chi connectivity index (χ4v) is 2.71. The second-order valence-electron chi connectivity index (χ2n) is 5.75. The fourth-order valence-electron chi connectivity index (χ4n) is 2.71. The van der Waals surface area contributed by atoms with E-state index in [4.69, 9.17) is 0 Å². The number of guanidine groups is 1. The van der Waals surface area contributed by atoms with Gasteiger partial charge >= 0.3 is 0 Å². The van der Waals surface area contributed by atoms with Crippen LogP contribution in [-0.4, -0.2) is 33.8 Å². The van der Waals surface area contributed by atoms with Crippen LogP contribution in [0.3, 0.4) is 0 Å². The van der Waals surface area contributed by atoms with Crippen molar-refractivity contribution in [1.29, 1.82) is 0 Å². The lowest BCUT2D eigenvalue weighted by atomic mass is 10.1. The third kappa shape index (κ3) is 4.44. The summed E-state index contributed by atoms with van der Waals surface area (Å²) >= 11 is 0. The monoisotopic (exact) mass is 292 g/mol. The van der Waals surface area contributed by atoms with Gasteiger partial charge in [0.15, 0.2) is 11.8 Å². The molecule has 6 nitrogen and oxygen atoms in total. The van der Waals surface area contributed by atoms with E-state index in [1.165, 1.54) is 32.1 Å². The van der Waals surface area contributed by atoms with Crippen molar-refractivity contribution >= 4 is 5.96 Å². The molecule has 0 saturated carbocycles. The lowest BCUT2D eigenvalue weighted by Crippen LogP contribution is -2.42. The molecule has 2 rings (SSSR count). The summed E-state index contributed by atoms with van der Waals surface area (Å²) in [5, 5.41) is 15.3. The van der Waals surface area contributed by atoms with Crippen LogP contribution in [0.15, 0.2) is 4.99 Å². The van der Waals surface area contributed by atoms with Gasteiger partial charge in [-0.2, -0.15) is 0 Å². The number of hydrogen-bond acceptors (Lipinski definition) is 3. The van der Waals surface area contributed by atoms with Gasteiger partial charge in [-0.05, 0) is 19.8 Å². The van der Waals surface area contributed by atoms with Gasteiger partial charge in [0.25, 0.3) is 0 Å². The van der Waals surface area contributed by atoms with Crippen LogP contribution >= 0.6 is 0 Å². The Labute approximate surface area is 127 Å². The second kappa shape index (κ2) is 8.00. The number of fused-ring (bicyclic) bond motifs is 1. The highest BCUT2D eigenvalue weighted by molar-refractivity contribution is 5.79. The maximum Gasteiger partial charge on any atom is 0.191 e. The standard InChI is InChI=1S/C15H28N6/c1-4-5-6-8-12(2)18-15(16-3)17-11-14-20-19-13-9-7-10-21(13)14/h12H,4-11H2,1-3H3,(H2,16,17,18). The minimum atomic E-state index is 0.437. The molecule has 118 valence electrons. The second-order valence-corrected chi connectivity index (χ2v) is 5.75. The molecule has 21 heavy (non-hydrogen) atoms. The Hall–Kier alpha value is -1.59. The Bertz CT molecular complexity index is 465. The molecule has 0 bridgehead atoms. The molecule has 1 atom stereocenters. The number of unbranched alkanes of at least 4 members (excludes halogenated alkanes) is 2. The highest BCUT2D eigenvalue weighted by atomic mass is 15.3. The zero-order chi connectivity index (χ0) is 15.1. The molecule has 0 amide bonds. The number of aryl methyl sites for hydroxylation is 1. The summed E-state index contributed by atoms with van der Waals surface area (Å²) in [6.45, 7) is 6.15. The van der Waals surface area contributed by atoms with Crippen LogP contribution in [0.1, 0.15) is 57.6 Å². The summed E-state index contributed by atoms with van der Waals surface area (Å²) in [7, 11) is 1.81. The van der Waals surface area contributed by atoms with Crippen LogP contribution in [0.25, 0.3) is 0 Å². The molecule has 1 aliphatic rings. The van der Waals surface area contributed by atoms with Gasteiger partial charge in [0.05, 0.1) is 6.54 Å². The Morgan fingerprint density at radius 3 is 3.00 bits per heavy atom. The molecule has 1 aliphatic heterocycles. The summed E-state index contributed by atoms with van der Waals surface area (Å²) in [4.78, 5) is 4.29. The molecular formula is C15H28N6. The summed E-state index contributed by atoms with van der Waals surface area (Å²) < 4.78 is 2.21. The quantitative estimate of drug-likeness (QED) is 0.457. The molecule has 0 aromatic carbocycles. The van der Waals surface area contributed by atoms with E-state index in [1.54, 1.807) is 0 Å². The van der Waals surface area contributed by atoms with E-state index in [-0.39, 0.29) is 0 Å². The summed E-state index contributed by atoms with van der Waals surface area (Å²) in [5.41, 5.74) is 0. The Morgan fingerprint density at radius 1 is 1.38 bits per heavy atom. The third-order valence-electron chi connectivity index (χ3n) is 3.95. The smallest absolute Gasteiger partial charge is 0.191 e. The lowest BCUT2D eigenvalue weighted by molar-refractivity contribution is 0.545. The molecule has 0 saturated heterocycles. The number of nitrogens with zero attached hydrogens (tertiary/aromatic N) is 4. The van der Waals surface area contributed by atoms with E-state index in [1.807, 2.05) is 7.05 Å². The molecule has 2 heterocycles. The van der Waals surface area contributed by atoms with E-state index >= 15 is 0 Å². The van der Waals surface area contributed by atoms with Gasteiger partial charge in [-0.3, -0.25) is 4.99 Å². The average molecular weight is 292 g/mol. The molecule has 1 unspecified atom stereocenters. The Balaban J connectivity index is 1.77. The summed E-state index contributed by atoms with van der Waals surface area (Å²) in [6.07, 6.45) is 7.23. The van der Waals surface area contributed by atoms with Crippen molar-refractivity contribution in [2.75, 3.05) is 7.05 Å². The predicted molar refractivity (Wildman–Crippen MR) is 85.3 cm³/mol. The third-order valence-corrected chi connectivity index (χ3v) is 3.95. The van der Waals surface area contributed by atoms with Crippen molar-refractivity contribution in [2.45, 2.75) is 71.5 Å². The van der Waals surface area contributed by atoms with Crippen LogP contribution in [0.2, 0.25) is 0 Å². The van der Waals surface area contributed by atoms with Crippen LogP contribution in [0.4, 0.5) is 0 Å². The number of hydrogen-bond donors (Lipinski definition) is 2. The maximum atomic E-state index is 4.29. The Morgan fingerprint density at radius 2 is 2.24 bits per heavy atom. The molecule has 6 heteroatoms. The van der Waals surface area contributed by atoms with Crippen molar-refractivity contribution < 1.29 is 0 Å². The first-order valence-electron chi connectivity index (χ1n) is 8.12. The molecule has 0 spiro atoms. The van der Waals surface area contributed by atoms with E-state index in [0.717, 1.165) is 30.6 Å². The molecule has 0 aliphatic carbocycles. The van der Waals surface area contributed by atoms with Gasteiger partial charge in [-0.15, -0.1) is 10.2 Å².